The van der Waals surface area contributed by atoms with Crippen LogP contribution in [-0.2, 0) is 38.5 Å². The molecule has 2 aliphatic rings. The SMILES string of the molecule is CCCC[C](CCCC)=[Zr+2]([C]1=CC=CC1)[c]1c2c(cc(C(C)(C)C)c1-c1ccccc1C)-c1cc(C(C)(C)C)c(-c3ccccc3C)cc1C2.[Cl-].[Cl-]. The number of rotatable bonds is 10. The zero-order valence-corrected chi connectivity index (χ0v) is 37.5. The molecular formula is C49H60Cl2Zr. The molecule has 0 amide bonds. The Kier molecular flexibility index (Phi) is 14.2. The predicted molar refractivity (Wildman–Crippen MR) is 218 cm³/mol. The molecule has 0 unspecified atom stereocenters. The average Bonchev–Trinajstić information content (AvgIpc) is 3.73. The molecule has 4 aromatic carbocycles. The van der Waals surface area contributed by atoms with E-state index in [1.165, 1.54) is 94.2 Å². The molecule has 0 aromatic heterocycles. The van der Waals surface area contributed by atoms with Crippen LogP contribution in [0.4, 0.5) is 0 Å². The summed E-state index contributed by atoms with van der Waals surface area (Å²) in [4.78, 5) is 0. The minimum absolute atomic E-state index is 0. The van der Waals surface area contributed by atoms with Crippen LogP contribution in [0.15, 0.2) is 88.2 Å². The van der Waals surface area contributed by atoms with E-state index < -0.39 is 21.3 Å². The number of allylic oxidation sites excluding steroid dienone is 4. The molecule has 274 valence electrons. The summed E-state index contributed by atoms with van der Waals surface area (Å²) in [5.74, 6) is 0. The van der Waals surface area contributed by atoms with Crippen LogP contribution in [0.1, 0.15) is 134 Å². The molecule has 0 fully saturated rings. The van der Waals surface area contributed by atoms with Crippen LogP contribution in [0.2, 0.25) is 0 Å². The van der Waals surface area contributed by atoms with Crippen molar-refractivity contribution < 1.29 is 46.1 Å². The Morgan fingerprint density at radius 3 is 1.73 bits per heavy atom. The molecule has 3 heteroatoms. The van der Waals surface area contributed by atoms with Gasteiger partial charge in [0.15, 0.2) is 0 Å². The molecule has 0 heterocycles. The van der Waals surface area contributed by atoms with Gasteiger partial charge in [-0.3, -0.25) is 0 Å². The standard InChI is InChI=1S/C35H37.C9H18.C5H5.2ClH.Zr/c1-22-13-9-11-15-26(22)30-18-24-17-25-19-31(27-16-12-10-14-23(27)2)33(35(6,7)8)21-29(25)28(24)20-32(30)34(3,4)5;1-3-5-7-9-8-6-4-2;1-2-4-5-3-1;;;/h9-16,18,20-21H,17H2,1-8H3;3-8H2,1-2H3;1-3H,4H2;2*1H;/q;;;;;+2/p-2. The van der Waals surface area contributed by atoms with Crippen molar-refractivity contribution in [3.8, 4) is 33.4 Å². The summed E-state index contributed by atoms with van der Waals surface area (Å²) in [5, 5.41) is 0. The minimum atomic E-state index is -2.60. The number of fused-ring (bicyclic) bond motifs is 3. The molecule has 0 atom stereocenters. The predicted octanol–water partition coefficient (Wildman–Crippen LogP) is 7.45. The second-order valence-corrected chi connectivity index (χ2v) is 23.5. The fraction of sp³-hybridized carbons (Fsp3) is 0.408. The van der Waals surface area contributed by atoms with Crippen LogP contribution >= 0.6 is 0 Å². The van der Waals surface area contributed by atoms with Crippen molar-refractivity contribution in [1.82, 2.24) is 0 Å². The van der Waals surface area contributed by atoms with Crippen molar-refractivity contribution in [3.05, 3.63) is 122 Å². The van der Waals surface area contributed by atoms with Gasteiger partial charge in [-0.15, -0.1) is 0 Å². The zero-order chi connectivity index (χ0) is 35.8. The zero-order valence-electron chi connectivity index (χ0n) is 33.5. The van der Waals surface area contributed by atoms with Crippen LogP contribution in [0.3, 0.4) is 0 Å². The van der Waals surface area contributed by atoms with Gasteiger partial charge in [-0.25, -0.2) is 0 Å². The van der Waals surface area contributed by atoms with Gasteiger partial charge in [0.05, 0.1) is 0 Å². The van der Waals surface area contributed by atoms with Crippen molar-refractivity contribution in [2.24, 2.45) is 0 Å². The first-order chi connectivity index (χ1) is 23.8. The van der Waals surface area contributed by atoms with E-state index in [1.807, 2.05) is 3.21 Å². The first kappa shape index (κ1) is 42.4. The third-order valence-corrected chi connectivity index (χ3v) is 19.2. The molecule has 0 nitrogen and oxygen atoms in total. The van der Waals surface area contributed by atoms with E-state index >= 15 is 0 Å². The topological polar surface area (TPSA) is 0 Å². The van der Waals surface area contributed by atoms with Gasteiger partial charge in [0.2, 0.25) is 0 Å². The molecule has 4 aromatic rings. The summed E-state index contributed by atoms with van der Waals surface area (Å²) < 4.78 is 5.53. The maximum absolute atomic E-state index is 2.66. The van der Waals surface area contributed by atoms with Crippen LogP contribution in [0, 0.1) is 13.8 Å². The van der Waals surface area contributed by atoms with Gasteiger partial charge in [-0.2, -0.15) is 0 Å². The maximum Gasteiger partial charge on any atom is -1.00 e. The smallest absolute Gasteiger partial charge is 1.00 e. The van der Waals surface area contributed by atoms with Crippen LogP contribution in [-0.4, -0.2) is 3.21 Å². The van der Waals surface area contributed by atoms with Gasteiger partial charge in [0, 0.05) is 0 Å². The van der Waals surface area contributed by atoms with Crippen molar-refractivity contribution >= 4 is 6.48 Å². The van der Waals surface area contributed by atoms with E-state index in [2.05, 4.69) is 154 Å². The number of hydrogen-bond donors (Lipinski definition) is 0. The first-order valence-electron chi connectivity index (χ1n) is 19.4. The normalized spacial score (nSPS) is 13.1. The molecule has 6 rings (SSSR count). The Hall–Kier alpha value is -2.31. The summed E-state index contributed by atoms with van der Waals surface area (Å²) in [5.41, 5.74) is 17.8. The molecule has 0 saturated heterocycles. The van der Waals surface area contributed by atoms with E-state index in [0.29, 0.717) is 0 Å². The number of aryl methyl sites for hydroxylation is 2. The average molecular weight is 811 g/mol. The Morgan fingerprint density at radius 2 is 1.21 bits per heavy atom. The number of hydrogen-bond acceptors (Lipinski definition) is 0. The third kappa shape index (κ3) is 8.49. The molecule has 0 bridgehead atoms. The largest absolute Gasteiger partial charge is 1.00 e. The Morgan fingerprint density at radius 1 is 0.654 bits per heavy atom. The Bertz CT molecular complexity index is 2000. The van der Waals surface area contributed by atoms with Gasteiger partial charge in [-0.1, -0.05) is 0 Å². The van der Waals surface area contributed by atoms with Crippen molar-refractivity contribution in [2.45, 2.75) is 131 Å². The maximum atomic E-state index is 2.66. The quantitative estimate of drug-likeness (QED) is 0.138. The van der Waals surface area contributed by atoms with Gasteiger partial charge in [-0.05, 0) is 0 Å². The monoisotopic (exact) mass is 808 g/mol. The summed E-state index contributed by atoms with van der Waals surface area (Å²) in [6, 6.07) is 26.2. The van der Waals surface area contributed by atoms with Gasteiger partial charge in [0.1, 0.15) is 0 Å². The molecule has 0 N–H and O–H groups in total. The van der Waals surface area contributed by atoms with Gasteiger partial charge < -0.3 is 24.8 Å². The van der Waals surface area contributed by atoms with E-state index in [9.17, 15) is 0 Å². The van der Waals surface area contributed by atoms with Gasteiger partial charge >= 0.3 is 314 Å². The van der Waals surface area contributed by atoms with E-state index in [-0.39, 0.29) is 35.6 Å². The number of halogens is 2. The number of unbranched alkanes of at least 4 members (excludes halogenated alkanes) is 2. The van der Waals surface area contributed by atoms with E-state index in [0.717, 1.165) is 12.8 Å². The van der Waals surface area contributed by atoms with Gasteiger partial charge in [0.25, 0.3) is 0 Å². The van der Waals surface area contributed by atoms with Crippen LogP contribution < -0.4 is 28.1 Å². The summed E-state index contributed by atoms with van der Waals surface area (Å²) in [6.45, 7) is 23.9. The molecule has 0 aliphatic heterocycles. The van der Waals surface area contributed by atoms with Crippen molar-refractivity contribution in [1.29, 1.82) is 0 Å². The molecule has 0 radical (unpaired) electrons. The number of benzene rings is 4. The first-order valence-corrected chi connectivity index (χ1v) is 23.1. The molecule has 2 aliphatic carbocycles. The third-order valence-electron chi connectivity index (χ3n) is 11.2. The second-order valence-electron chi connectivity index (χ2n) is 17.1. The summed E-state index contributed by atoms with van der Waals surface area (Å²) in [6.07, 6.45) is 17.3. The van der Waals surface area contributed by atoms with Crippen molar-refractivity contribution in [3.63, 3.8) is 0 Å². The molecular weight excluding hydrogens is 751 g/mol. The minimum Gasteiger partial charge on any atom is -1.00 e. The second kappa shape index (κ2) is 17.4. The van der Waals surface area contributed by atoms with Crippen LogP contribution in [0.5, 0.6) is 0 Å². The Balaban J connectivity index is 0.00000302. The summed E-state index contributed by atoms with van der Waals surface area (Å²) in [7, 11) is 0. The van der Waals surface area contributed by atoms with Crippen molar-refractivity contribution in [2.75, 3.05) is 0 Å². The van der Waals surface area contributed by atoms with Crippen LogP contribution in [0.25, 0.3) is 33.4 Å². The Labute approximate surface area is 336 Å². The fourth-order valence-corrected chi connectivity index (χ4v) is 17.3. The molecule has 0 spiro atoms. The van der Waals surface area contributed by atoms with E-state index in [1.54, 1.807) is 17.7 Å². The molecule has 52 heavy (non-hydrogen) atoms. The van der Waals surface area contributed by atoms with E-state index in [4.69, 9.17) is 0 Å². The molecule has 0 saturated carbocycles. The summed E-state index contributed by atoms with van der Waals surface area (Å²) >= 11 is -2.60. The fourth-order valence-electron chi connectivity index (χ4n) is 8.45.